The predicted octanol–water partition coefficient (Wildman–Crippen LogP) is 2.63. The van der Waals surface area contributed by atoms with Gasteiger partial charge in [0.1, 0.15) is 0 Å². The van der Waals surface area contributed by atoms with E-state index >= 15 is 0 Å². The van der Waals surface area contributed by atoms with E-state index in [2.05, 4.69) is 10.3 Å². The number of aryl methyl sites for hydroxylation is 1. The van der Waals surface area contributed by atoms with Gasteiger partial charge in [-0.2, -0.15) is 0 Å². The van der Waals surface area contributed by atoms with Crippen LogP contribution < -0.4 is 10.9 Å². The highest BCUT2D eigenvalue weighted by atomic mass is 16.1. The van der Waals surface area contributed by atoms with E-state index < -0.39 is 0 Å². The van der Waals surface area contributed by atoms with Crippen LogP contribution in [0.4, 0.5) is 0 Å². The SMILES string of the molecule is O=C(CCCn1cnc2ccccc2c1=O)NC1CCCCC1. The zero-order valence-electron chi connectivity index (χ0n) is 13.3. The first-order valence-electron chi connectivity index (χ1n) is 8.47. The molecule has 5 nitrogen and oxygen atoms in total. The van der Waals surface area contributed by atoms with Crippen molar-refractivity contribution in [2.45, 2.75) is 57.5 Å². The lowest BCUT2D eigenvalue weighted by Crippen LogP contribution is -2.36. The number of hydrogen-bond acceptors (Lipinski definition) is 3. The van der Waals surface area contributed by atoms with Crippen LogP contribution in [0.5, 0.6) is 0 Å². The lowest BCUT2D eigenvalue weighted by Gasteiger charge is -2.22. The second-order valence-electron chi connectivity index (χ2n) is 6.27. The summed E-state index contributed by atoms with van der Waals surface area (Å²) in [6.07, 6.45) is 8.58. The number of carbonyl (C=O) groups is 1. The highest BCUT2D eigenvalue weighted by Crippen LogP contribution is 2.17. The van der Waals surface area contributed by atoms with E-state index in [1.807, 2.05) is 18.2 Å². The Morgan fingerprint density at radius 3 is 2.83 bits per heavy atom. The Kier molecular flexibility index (Phi) is 5.05. The van der Waals surface area contributed by atoms with Crippen LogP contribution >= 0.6 is 0 Å². The molecule has 0 atom stereocenters. The van der Waals surface area contributed by atoms with E-state index in [4.69, 9.17) is 0 Å². The van der Waals surface area contributed by atoms with Crippen molar-refractivity contribution in [3.05, 3.63) is 40.9 Å². The number of rotatable bonds is 5. The van der Waals surface area contributed by atoms with Crippen LogP contribution in [0.15, 0.2) is 35.4 Å². The van der Waals surface area contributed by atoms with Gasteiger partial charge in [0.15, 0.2) is 0 Å². The number of para-hydroxylation sites is 1. The Morgan fingerprint density at radius 1 is 1.22 bits per heavy atom. The molecule has 23 heavy (non-hydrogen) atoms. The van der Waals surface area contributed by atoms with E-state index in [0.29, 0.717) is 36.3 Å². The maximum atomic E-state index is 12.3. The fourth-order valence-corrected chi connectivity index (χ4v) is 3.22. The first kappa shape index (κ1) is 15.7. The van der Waals surface area contributed by atoms with Gasteiger partial charge in [0, 0.05) is 19.0 Å². The molecule has 0 radical (unpaired) electrons. The van der Waals surface area contributed by atoms with Gasteiger partial charge < -0.3 is 5.32 Å². The van der Waals surface area contributed by atoms with E-state index in [1.165, 1.54) is 19.3 Å². The molecule has 1 aliphatic rings. The summed E-state index contributed by atoms with van der Waals surface area (Å²) >= 11 is 0. The van der Waals surface area contributed by atoms with E-state index in [1.54, 1.807) is 17.0 Å². The molecule has 1 amide bonds. The summed E-state index contributed by atoms with van der Waals surface area (Å²) in [7, 11) is 0. The summed E-state index contributed by atoms with van der Waals surface area (Å²) in [5, 5.41) is 3.73. The van der Waals surface area contributed by atoms with Crippen molar-refractivity contribution in [3.8, 4) is 0 Å². The summed E-state index contributed by atoms with van der Waals surface area (Å²) in [4.78, 5) is 28.6. The first-order chi connectivity index (χ1) is 11.2. The van der Waals surface area contributed by atoms with Crippen molar-refractivity contribution in [3.63, 3.8) is 0 Å². The molecule has 0 saturated heterocycles. The Morgan fingerprint density at radius 2 is 2.00 bits per heavy atom. The Labute approximate surface area is 135 Å². The average Bonchev–Trinajstić information content (AvgIpc) is 2.58. The minimum absolute atomic E-state index is 0.0386. The molecule has 0 aliphatic heterocycles. The van der Waals surface area contributed by atoms with Gasteiger partial charge in [-0.1, -0.05) is 31.4 Å². The van der Waals surface area contributed by atoms with Gasteiger partial charge in [0.2, 0.25) is 5.91 Å². The second kappa shape index (κ2) is 7.40. The molecule has 3 rings (SSSR count). The molecule has 0 spiro atoms. The molecule has 5 heteroatoms. The number of aromatic nitrogens is 2. The van der Waals surface area contributed by atoms with E-state index in [-0.39, 0.29) is 11.5 Å². The number of carbonyl (C=O) groups excluding carboxylic acids is 1. The molecule has 1 aliphatic carbocycles. The largest absolute Gasteiger partial charge is 0.353 e. The summed E-state index contributed by atoms with van der Waals surface area (Å²) in [5.41, 5.74) is 0.673. The second-order valence-corrected chi connectivity index (χ2v) is 6.27. The number of fused-ring (bicyclic) bond motifs is 1. The third-order valence-corrected chi connectivity index (χ3v) is 4.50. The standard InChI is InChI=1S/C18H23N3O2/c22-17(20-14-7-2-1-3-8-14)11-6-12-21-13-19-16-10-5-4-9-15(16)18(21)23/h4-5,9-10,13-14H,1-3,6-8,11-12H2,(H,20,22). The summed E-state index contributed by atoms with van der Waals surface area (Å²) in [6, 6.07) is 7.68. The van der Waals surface area contributed by atoms with Gasteiger partial charge in [-0.3, -0.25) is 14.2 Å². The number of nitrogens with one attached hydrogen (secondary N) is 1. The number of benzene rings is 1. The molecule has 122 valence electrons. The van der Waals surface area contributed by atoms with Crippen LogP contribution in [0.3, 0.4) is 0 Å². The molecule has 1 heterocycles. The number of nitrogens with zero attached hydrogens (tertiary/aromatic N) is 2. The molecule has 1 aromatic carbocycles. The van der Waals surface area contributed by atoms with Gasteiger partial charge in [-0.15, -0.1) is 0 Å². The van der Waals surface area contributed by atoms with Crippen molar-refractivity contribution >= 4 is 16.8 Å². The molecular formula is C18H23N3O2. The molecule has 0 unspecified atom stereocenters. The third kappa shape index (κ3) is 3.97. The van der Waals surface area contributed by atoms with Crippen molar-refractivity contribution in [1.29, 1.82) is 0 Å². The van der Waals surface area contributed by atoms with Crippen LogP contribution in [0, 0.1) is 0 Å². The maximum absolute atomic E-state index is 12.3. The topological polar surface area (TPSA) is 64.0 Å². The maximum Gasteiger partial charge on any atom is 0.261 e. The minimum Gasteiger partial charge on any atom is -0.353 e. The van der Waals surface area contributed by atoms with Gasteiger partial charge in [0.05, 0.1) is 17.2 Å². The van der Waals surface area contributed by atoms with E-state index in [0.717, 1.165) is 12.8 Å². The van der Waals surface area contributed by atoms with Gasteiger partial charge in [-0.05, 0) is 31.4 Å². The average molecular weight is 313 g/mol. The zero-order chi connectivity index (χ0) is 16.1. The normalized spacial score (nSPS) is 15.7. The lowest BCUT2D eigenvalue weighted by atomic mass is 9.95. The molecule has 1 fully saturated rings. The summed E-state index contributed by atoms with van der Waals surface area (Å²) in [6.45, 7) is 0.523. The Hall–Kier alpha value is -2.17. The van der Waals surface area contributed by atoms with Gasteiger partial charge >= 0.3 is 0 Å². The quantitative estimate of drug-likeness (QED) is 0.923. The lowest BCUT2D eigenvalue weighted by molar-refractivity contribution is -0.122. The first-order valence-corrected chi connectivity index (χ1v) is 8.47. The van der Waals surface area contributed by atoms with Crippen LogP contribution in [-0.4, -0.2) is 21.5 Å². The van der Waals surface area contributed by atoms with E-state index in [9.17, 15) is 9.59 Å². The van der Waals surface area contributed by atoms with Gasteiger partial charge in [0.25, 0.3) is 5.56 Å². The number of hydrogen-bond donors (Lipinski definition) is 1. The fraction of sp³-hybridized carbons (Fsp3) is 0.500. The third-order valence-electron chi connectivity index (χ3n) is 4.50. The summed E-state index contributed by atoms with van der Waals surface area (Å²) < 4.78 is 1.59. The van der Waals surface area contributed by atoms with Gasteiger partial charge in [-0.25, -0.2) is 4.98 Å². The van der Waals surface area contributed by atoms with Crippen LogP contribution in [0.2, 0.25) is 0 Å². The Bertz CT molecular complexity index is 732. The number of amides is 1. The fourth-order valence-electron chi connectivity index (χ4n) is 3.22. The molecular weight excluding hydrogens is 290 g/mol. The highest BCUT2D eigenvalue weighted by Gasteiger charge is 2.15. The van der Waals surface area contributed by atoms with Crippen LogP contribution in [0.25, 0.3) is 10.9 Å². The van der Waals surface area contributed by atoms with Crippen LogP contribution in [0.1, 0.15) is 44.9 Å². The molecule has 1 aromatic heterocycles. The highest BCUT2D eigenvalue weighted by molar-refractivity contribution is 5.77. The molecule has 1 saturated carbocycles. The smallest absolute Gasteiger partial charge is 0.261 e. The van der Waals surface area contributed by atoms with Crippen molar-refractivity contribution in [2.75, 3.05) is 0 Å². The molecule has 2 aromatic rings. The monoisotopic (exact) mass is 313 g/mol. The van der Waals surface area contributed by atoms with Crippen molar-refractivity contribution < 1.29 is 4.79 Å². The predicted molar refractivity (Wildman–Crippen MR) is 90.3 cm³/mol. The Balaban J connectivity index is 1.53. The van der Waals surface area contributed by atoms with Crippen molar-refractivity contribution in [1.82, 2.24) is 14.9 Å². The van der Waals surface area contributed by atoms with Crippen LogP contribution in [-0.2, 0) is 11.3 Å². The van der Waals surface area contributed by atoms with Crippen molar-refractivity contribution in [2.24, 2.45) is 0 Å². The molecule has 1 N–H and O–H groups in total. The molecule has 0 bridgehead atoms. The minimum atomic E-state index is -0.0386. The zero-order valence-corrected chi connectivity index (χ0v) is 13.3. The summed E-state index contributed by atoms with van der Waals surface area (Å²) in [5.74, 6) is 0.0960.